The van der Waals surface area contributed by atoms with Gasteiger partial charge in [-0.15, -0.1) is 0 Å². The van der Waals surface area contributed by atoms with E-state index in [2.05, 4.69) is 31.2 Å². The van der Waals surface area contributed by atoms with Crippen LogP contribution >= 0.6 is 0 Å². The highest BCUT2D eigenvalue weighted by molar-refractivity contribution is 6.38. The summed E-state index contributed by atoms with van der Waals surface area (Å²) in [5.41, 5.74) is 0.830. The molecule has 1 aromatic heterocycles. The highest BCUT2D eigenvalue weighted by atomic mass is 19.1. The van der Waals surface area contributed by atoms with Crippen LogP contribution in [0.2, 0.25) is 0 Å². The third-order valence-electron chi connectivity index (χ3n) is 9.83. The smallest absolute Gasteiger partial charge is 0.290 e. The van der Waals surface area contributed by atoms with Crippen molar-refractivity contribution < 1.29 is 33.2 Å². The number of halogens is 1. The number of carbonyl (C=O) groups is 6. The number of nitrogens with zero attached hydrogens (tertiary/aromatic N) is 3. The average molecular weight is 708 g/mol. The van der Waals surface area contributed by atoms with Gasteiger partial charge in [0.2, 0.25) is 23.5 Å². The van der Waals surface area contributed by atoms with E-state index in [4.69, 9.17) is 0 Å². The van der Waals surface area contributed by atoms with Crippen molar-refractivity contribution >= 4 is 35.3 Å². The highest BCUT2D eigenvalue weighted by Crippen LogP contribution is 2.44. The number of hydrogen-bond acceptors (Lipinski definition) is 8. The number of amides is 5. The Morgan fingerprint density at radius 1 is 0.863 bits per heavy atom. The number of Topliss-reactive ketones (excluding diaryl/α,β-unsaturated/α-hetero) is 1. The van der Waals surface area contributed by atoms with Gasteiger partial charge in [-0.05, 0) is 49.5 Å². The Morgan fingerprint density at radius 2 is 1.55 bits per heavy atom. The number of rotatable bonds is 15. The molecule has 14 heteroatoms. The molecule has 1 aromatic carbocycles. The third-order valence-corrected chi connectivity index (χ3v) is 9.83. The lowest BCUT2D eigenvalue weighted by Crippen LogP contribution is -2.60. The molecular weight excluding hydrogens is 657 g/mol. The second-order valence-corrected chi connectivity index (χ2v) is 14.2. The van der Waals surface area contributed by atoms with Gasteiger partial charge in [0.1, 0.15) is 30.0 Å². The minimum Gasteiger partial charge on any atom is -0.344 e. The van der Waals surface area contributed by atoms with Crippen molar-refractivity contribution in [1.82, 2.24) is 36.1 Å². The summed E-state index contributed by atoms with van der Waals surface area (Å²) >= 11 is 0. The fraction of sp³-hybridized carbons (Fsp3) is 0.568. The van der Waals surface area contributed by atoms with Crippen molar-refractivity contribution in [3.63, 3.8) is 0 Å². The summed E-state index contributed by atoms with van der Waals surface area (Å²) in [6.07, 6.45) is 4.08. The van der Waals surface area contributed by atoms with Crippen molar-refractivity contribution in [3.8, 4) is 0 Å². The zero-order valence-corrected chi connectivity index (χ0v) is 30.1. The zero-order valence-electron chi connectivity index (χ0n) is 30.1. The number of fused-ring (bicyclic) bond motifs is 1. The lowest BCUT2D eigenvalue weighted by atomic mass is 9.92. The molecule has 0 bridgehead atoms. The molecule has 5 amide bonds. The Morgan fingerprint density at radius 3 is 2.16 bits per heavy atom. The molecule has 1 aliphatic carbocycles. The van der Waals surface area contributed by atoms with E-state index < -0.39 is 89.5 Å². The normalized spacial score (nSPS) is 22.0. The second kappa shape index (κ2) is 17.5. The van der Waals surface area contributed by atoms with E-state index >= 15 is 4.39 Å². The van der Waals surface area contributed by atoms with Gasteiger partial charge < -0.3 is 26.2 Å². The number of nitrogens with one attached hydrogen (secondary N) is 4. The molecule has 2 aliphatic rings. The van der Waals surface area contributed by atoms with Crippen molar-refractivity contribution in [1.29, 1.82) is 0 Å². The van der Waals surface area contributed by atoms with Crippen LogP contribution in [-0.2, 0) is 24.0 Å². The molecule has 0 spiro atoms. The summed E-state index contributed by atoms with van der Waals surface area (Å²) in [6.45, 7) is 10.5. The summed E-state index contributed by atoms with van der Waals surface area (Å²) < 4.78 is 15.2. The van der Waals surface area contributed by atoms with Gasteiger partial charge in [0.25, 0.3) is 11.8 Å². The molecule has 2 heterocycles. The lowest BCUT2D eigenvalue weighted by molar-refractivity contribution is -0.145. The minimum absolute atomic E-state index is 0.0220. The van der Waals surface area contributed by atoms with E-state index in [0.717, 1.165) is 5.56 Å². The van der Waals surface area contributed by atoms with Crippen LogP contribution in [-0.4, -0.2) is 87.1 Å². The summed E-state index contributed by atoms with van der Waals surface area (Å²) in [5.74, 6) is -6.02. The molecule has 1 saturated carbocycles. The van der Waals surface area contributed by atoms with Crippen molar-refractivity contribution in [2.24, 2.45) is 23.7 Å². The maximum absolute atomic E-state index is 15.2. The van der Waals surface area contributed by atoms with Crippen LogP contribution in [0.25, 0.3) is 0 Å². The van der Waals surface area contributed by atoms with Gasteiger partial charge in [-0.1, -0.05) is 71.4 Å². The van der Waals surface area contributed by atoms with Crippen LogP contribution in [0, 0.1) is 23.7 Å². The Bertz CT molecular complexity index is 1560. The predicted octanol–water partition coefficient (Wildman–Crippen LogP) is 2.68. The summed E-state index contributed by atoms with van der Waals surface area (Å²) in [5, 5.41) is 10.9. The van der Waals surface area contributed by atoms with Gasteiger partial charge in [0.15, 0.2) is 0 Å². The molecule has 13 nitrogen and oxygen atoms in total. The third kappa shape index (κ3) is 9.33. The van der Waals surface area contributed by atoms with E-state index in [0.29, 0.717) is 12.8 Å². The van der Waals surface area contributed by atoms with Crippen LogP contribution in [0.15, 0.2) is 48.9 Å². The Hall–Kier alpha value is -4.75. The zero-order chi connectivity index (χ0) is 37.4. The first-order chi connectivity index (χ1) is 24.2. The fourth-order valence-corrected chi connectivity index (χ4v) is 6.99. The highest BCUT2D eigenvalue weighted by Gasteiger charge is 2.55. The molecule has 0 radical (unpaired) electrons. The molecule has 2 fully saturated rings. The monoisotopic (exact) mass is 707 g/mol. The van der Waals surface area contributed by atoms with Gasteiger partial charge >= 0.3 is 0 Å². The molecule has 51 heavy (non-hydrogen) atoms. The van der Waals surface area contributed by atoms with Crippen LogP contribution in [0.4, 0.5) is 4.39 Å². The largest absolute Gasteiger partial charge is 0.344 e. The number of likely N-dealkylation sites (tertiary alicyclic amines) is 1. The first-order valence-corrected chi connectivity index (χ1v) is 17.8. The van der Waals surface area contributed by atoms with Crippen molar-refractivity contribution in [2.45, 2.75) is 104 Å². The number of alkyl halides is 1. The van der Waals surface area contributed by atoms with E-state index in [1.807, 2.05) is 37.3 Å². The molecule has 2 aromatic rings. The fourth-order valence-electron chi connectivity index (χ4n) is 6.99. The molecule has 4 rings (SSSR count). The van der Waals surface area contributed by atoms with Gasteiger partial charge in [-0.3, -0.25) is 33.8 Å². The average Bonchev–Trinajstić information content (AvgIpc) is 3.68. The standard InChI is InChI=1S/C37H50FN7O6/c1-7-11-27(32(46)36(50)41-22(6)23-12-9-8-10-13-23)42-35(49)31-24-14-15-26(38)25(24)19-45(31)37(51)30(21(4)5)44-34(48)29(20(2)3)43-33(47)28-18-39-16-17-40-28/h8-10,12-13,16-18,20-22,24-27,29-31H,7,11,14-15,19H2,1-6H3,(H,41,50)(H,42,49)(H,43,47)(H,44,48)/t22-,24-,25-,26-,27?,29+,30-,31-/m0/s1. The molecular formula is C37H50FN7O6. The molecule has 1 unspecified atom stereocenters. The number of ketones is 1. The first kappa shape index (κ1) is 39.0. The maximum atomic E-state index is 15.2. The van der Waals surface area contributed by atoms with Crippen molar-refractivity contribution in [2.75, 3.05) is 6.54 Å². The SMILES string of the molecule is CCCC(NC(=O)[C@@H]1[C@H]2CC[C@H](F)[C@H]2CN1C(=O)[C@@H](NC(=O)[C@H](NC(=O)c1cnccn1)C(C)C)C(C)C)C(=O)C(=O)N[C@@H](C)c1ccccc1. The van der Waals surface area contributed by atoms with Crippen LogP contribution in [0.3, 0.4) is 0 Å². The number of benzene rings is 1. The van der Waals surface area contributed by atoms with E-state index in [-0.39, 0.29) is 31.0 Å². The lowest BCUT2D eigenvalue weighted by Gasteiger charge is -2.34. The molecule has 4 N–H and O–H groups in total. The van der Waals surface area contributed by atoms with E-state index in [1.54, 1.807) is 34.6 Å². The van der Waals surface area contributed by atoms with E-state index in [1.165, 1.54) is 23.5 Å². The summed E-state index contributed by atoms with van der Waals surface area (Å²) in [7, 11) is 0. The van der Waals surface area contributed by atoms with Gasteiger partial charge in [0, 0.05) is 24.9 Å². The Labute approximate surface area is 298 Å². The topological polar surface area (TPSA) is 180 Å². The number of carbonyl (C=O) groups excluding carboxylic acids is 6. The maximum Gasteiger partial charge on any atom is 0.290 e. The Kier molecular flexibility index (Phi) is 13.4. The van der Waals surface area contributed by atoms with Crippen molar-refractivity contribution in [3.05, 3.63) is 60.2 Å². The van der Waals surface area contributed by atoms with Gasteiger partial charge in [-0.2, -0.15) is 0 Å². The Balaban J connectivity index is 1.52. The quantitative estimate of drug-likeness (QED) is 0.204. The molecule has 1 saturated heterocycles. The van der Waals surface area contributed by atoms with Crippen LogP contribution in [0.1, 0.15) is 89.3 Å². The van der Waals surface area contributed by atoms with Gasteiger partial charge in [0.05, 0.1) is 18.3 Å². The van der Waals surface area contributed by atoms with Gasteiger partial charge in [-0.25, -0.2) is 9.37 Å². The molecule has 1 aliphatic heterocycles. The van der Waals surface area contributed by atoms with Crippen LogP contribution in [0.5, 0.6) is 0 Å². The number of hydrogen-bond donors (Lipinski definition) is 4. The second-order valence-electron chi connectivity index (χ2n) is 14.2. The first-order valence-electron chi connectivity index (χ1n) is 17.8. The number of aromatic nitrogens is 2. The molecule has 276 valence electrons. The minimum atomic E-state index is -1.23. The summed E-state index contributed by atoms with van der Waals surface area (Å²) in [4.78, 5) is 90.5. The predicted molar refractivity (Wildman–Crippen MR) is 186 cm³/mol. The molecule has 8 atom stereocenters. The van der Waals surface area contributed by atoms with E-state index in [9.17, 15) is 28.8 Å². The summed E-state index contributed by atoms with van der Waals surface area (Å²) in [6, 6.07) is 4.27. The van der Waals surface area contributed by atoms with Crippen LogP contribution < -0.4 is 21.3 Å².